The molecule has 3 N–H and O–H groups in total. The number of hydrogen-bond acceptors (Lipinski definition) is 3. The Kier molecular flexibility index (Phi) is 3.43. The van der Waals surface area contributed by atoms with Gasteiger partial charge < -0.3 is 10.6 Å². The number of nitrogens with zero attached hydrogens (tertiary/aromatic N) is 1. The lowest BCUT2D eigenvalue weighted by atomic mass is 10.3. The number of carbonyl (C=O) groups is 2. The normalized spacial score (nSPS) is 11.9. The van der Waals surface area contributed by atoms with E-state index in [1.54, 1.807) is 13.0 Å². The summed E-state index contributed by atoms with van der Waals surface area (Å²) in [5.41, 5.74) is 0.859. The molecular weight excluding hydrogens is 196 g/mol. The van der Waals surface area contributed by atoms with Crippen LogP contribution in [0.1, 0.15) is 19.5 Å². The van der Waals surface area contributed by atoms with Crippen LogP contribution in [0.3, 0.4) is 0 Å². The van der Waals surface area contributed by atoms with Crippen LogP contribution >= 0.6 is 0 Å². The number of amides is 2. The molecule has 1 aromatic heterocycles. The molecule has 0 aromatic carbocycles. The van der Waals surface area contributed by atoms with Crippen molar-refractivity contribution in [2.45, 2.75) is 26.8 Å². The number of rotatable bonds is 3. The topological polar surface area (TPSA) is 86.9 Å². The lowest BCUT2D eigenvalue weighted by Crippen LogP contribution is -2.40. The highest BCUT2D eigenvalue weighted by molar-refractivity contribution is 5.95. The molecule has 0 fully saturated rings. The van der Waals surface area contributed by atoms with Crippen LogP contribution in [0.2, 0.25) is 0 Å². The predicted molar refractivity (Wildman–Crippen MR) is 55.2 cm³/mol. The minimum absolute atomic E-state index is 0.240. The minimum Gasteiger partial charge on any atom is -0.345 e. The van der Waals surface area contributed by atoms with Crippen LogP contribution in [0, 0.1) is 6.92 Å². The first-order valence-corrected chi connectivity index (χ1v) is 4.59. The molecule has 0 saturated heterocycles. The maximum atomic E-state index is 11.5. The first-order valence-electron chi connectivity index (χ1n) is 4.59. The van der Waals surface area contributed by atoms with Gasteiger partial charge in [-0.25, -0.2) is 0 Å². The van der Waals surface area contributed by atoms with Crippen LogP contribution in [0.25, 0.3) is 0 Å². The van der Waals surface area contributed by atoms with Crippen molar-refractivity contribution in [3.63, 3.8) is 0 Å². The third-order valence-corrected chi connectivity index (χ3v) is 1.77. The lowest BCUT2D eigenvalue weighted by molar-refractivity contribution is -0.124. The molecule has 1 rings (SSSR count). The summed E-state index contributed by atoms with van der Waals surface area (Å²) in [6.45, 7) is 4.80. The number of aromatic amines is 1. The Morgan fingerprint density at radius 2 is 2.20 bits per heavy atom. The number of aryl methyl sites for hydroxylation is 1. The summed E-state index contributed by atoms with van der Waals surface area (Å²) in [7, 11) is 0. The Hall–Kier alpha value is -1.85. The summed E-state index contributed by atoms with van der Waals surface area (Å²) >= 11 is 0. The van der Waals surface area contributed by atoms with Gasteiger partial charge in [0.05, 0.1) is 0 Å². The van der Waals surface area contributed by atoms with Gasteiger partial charge in [-0.05, 0) is 13.8 Å². The van der Waals surface area contributed by atoms with E-state index in [-0.39, 0.29) is 11.8 Å². The van der Waals surface area contributed by atoms with E-state index >= 15 is 0 Å². The minimum atomic E-state index is -0.570. The summed E-state index contributed by atoms with van der Waals surface area (Å²) in [5, 5.41) is 11.6. The SMILES string of the molecule is CC(=O)NC(C)C(=O)Nc1cc(C)[nH]n1. The smallest absolute Gasteiger partial charge is 0.247 e. The second-order valence-corrected chi connectivity index (χ2v) is 3.35. The van der Waals surface area contributed by atoms with Gasteiger partial charge in [0.25, 0.3) is 0 Å². The Labute approximate surface area is 87.4 Å². The molecule has 0 aliphatic carbocycles. The van der Waals surface area contributed by atoms with Gasteiger partial charge in [0.2, 0.25) is 11.8 Å². The van der Waals surface area contributed by atoms with Crippen molar-refractivity contribution in [2.24, 2.45) is 0 Å². The van der Waals surface area contributed by atoms with Gasteiger partial charge >= 0.3 is 0 Å². The average molecular weight is 210 g/mol. The molecule has 1 unspecified atom stereocenters. The average Bonchev–Trinajstić information content (AvgIpc) is 2.50. The van der Waals surface area contributed by atoms with E-state index in [4.69, 9.17) is 0 Å². The Morgan fingerprint density at radius 1 is 1.53 bits per heavy atom. The molecule has 2 amide bonds. The maximum Gasteiger partial charge on any atom is 0.247 e. The first kappa shape index (κ1) is 11.2. The summed E-state index contributed by atoms with van der Waals surface area (Å²) in [6.07, 6.45) is 0. The van der Waals surface area contributed by atoms with E-state index in [9.17, 15) is 9.59 Å². The van der Waals surface area contributed by atoms with Gasteiger partial charge in [0.1, 0.15) is 6.04 Å². The largest absolute Gasteiger partial charge is 0.345 e. The van der Waals surface area contributed by atoms with Gasteiger partial charge in [0.15, 0.2) is 5.82 Å². The van der Waals surface area contributed by atoms with E-state index in [1.807, 2.05) is 6.92 Å². The molecule has 82 valence electrons. The fourth-order valence-electron chi connectivity index (χ4n) is 1.09. The van der Waals surface area contributed by atoms with Crippen LogP contribution in [-0.2, 0) is 9.59 Å². The van der Waals surface area contributed by atoms with Gasteiger partial charge in [-0.15, -0.1) is 0 Å². The van der Waals surface area contributed by atoms with Crippen molar-refractivity contribution < 1.29 is 9.59 Å². The Morgan fingerprint density at radius 3 is 2.67 bits per heavy atom. The van der Waals surface area contributed by atoms with E-state index in [0.717, 1.165) is 5.69 Å². The fraction of sp³-hybridized carbons (Fsp3) is 0.444. The van der Waals surface area contributed by atoms with Gasteiger partial charge in [-0.2, -0.15) is 5.10 Å². The molecule has 1 aromatic rings. The first-order chi connectivity index (χ1) is 6.99. The van der Waals surface area contributed by atoms with Gasteiger partial charge in [-0.3, -0.25) is 14.7 Å². The second-order valence-electron chi connectivity index (χ2n) is 3.35. The maximum absolute atomic E-state index is 11.5. The third-order valence-electron chi connectivity index (χ3n) is 1.77. The monoisotopic (exact) mass is 210 g/mol. The molecule has 0 radical (unpaired) electrons. The molecule has 0 bridgehead atoms. The number of anilines is 1. The van der Waals surface area contributed by atoms with Crippen LogP contribution in [0.5, 0.6) is 0 Å². The van der Waals surface area contributed by atoms with Crippen molar-refractivity contribution in [1.29, 1.82) is 0 Å². The van der Waals surface area contributed by atoms with Crippen molar-refractivity contribution in [3.8, 4) is 0 Å². The van der Waals surface area contributed by atoms with Crippen LogP contribution in [0.15, 0.2) is 6.07 Å². The predicted octanol–water partition coefficient (Wildman–Crippen LogP) is 0.181. The van der Waals surface area contributed by atoms with Crippen LogP contribution in [-0.4, -0.2) is 28.1 Å². The molecule has 6 heteroatoms. The Bertz CT molecular complexity index is 372. The molecule has 0 aliphatic heterocycles. The summed E-state index contributed by atoms with van der Waals surface area (Å²) in [6, 6.07) is 1.14. The second kappa shape index (κ2) is 4.59. The molecule has 15 heavy (non-hydrogen) atoms. The number of H-pyrrole nitrogens is 1. The van der Waals surface area contributed by atoms with Gasteiger partial charge in [0, 0.05) is 18.7 Å². The Balaban J connectivity index is 2.52. The fourth-order valence-corrected chi connectivity index (χ4v) is 1.09. The number of carbonyl (C=O) groups excluding carboxylic acids is 2. The molecule has 0 spiro atoms. The third kappa shape index (κ3) is 3.41. The molecule has 0 saturated carbocycles. The molecule has 1 heterocycles. The zero-order valence-corrected chi connectivity index (χ0v) is 8.92. The van der Waals surface area contributed by atoms with Crippen molar-refractivity contribution >= 4 is 17.6 Å². The number of aromatic nitrogens is 2. The van der Waals surface area contributed by atoms with Crippen LogP contribution < -0.4 is 10.6 Å². The highest BCUT2D eigenvalue weighted by atomic mass is 16.2. The van der Waals surface area contributed by atoms with Crippen molar-refractivity contribution in [3.05, 3.63) is 11.8 Å². The van der Waals surface area contributed by atoms with E-state index in [2.05, 4.69) is 20.8 Å². The number of hydrogen-bond donors (Lipinski definition) is 3. The lowest BCUT2D eigenvalue weighted by Gasteiger charge is -2.10. The van der Waals surface area contributed by atoms with Gasteiger partial charge in [-0.1, -0.05) is 0 Å². The number of nitrogens with one attached hydrogen (secondary N) is 3. The van der Waals surface area contributed by atoms with Crippen LogP contribution in [0.4, 0.5) is 5.82 Å². The van der Waals surface area contributed by atoms with Crippen molar-refractivity contribution in [2.75, 3.05) is 5.32 Å². The molecule has 6 nitrogen and oxygen atoms in total. The van der Waals surface area contributed by atoms with Crippen molar-refractivity contribution in [1.82, 2.24) is 15.5 Å². The van der Waals surface area contributed by atoms with E-state index < -0.39 is 6.04 Å². The highest BCUT2D eigenvalue weighted by Crippen LogP contribution is 2.03. The molecule has 0 aliphatic rings. The quantitative estimate of drug-likeness (QED) is 0.665. The summed E-state index contributed by atoms with van der Waals surface area (Å²) in [5.74, 6) is -0.0812. The molecule has 1 atom stereocenters. The van der Waals surface area contributed by atoms with E-state index in [1.165, 1.54) is 6.92 Å². The van der Waals surface area contributed by atoms with E-state index in [0.29, 0.717) is 5.82 Å². The molecular formula is C9H14N4O2. The zero-order valence-electron chi connectivity index (χ0n) is 8.92. The summed E-state index contributed by atoms with van der Waals surface area (Å²) < 4.78 is 0. The standard InChI is InChI=1S/C9H14N4O2/c1-5-4-8(13-12-5)11-9(15)6(2)10-7(3)14/h4,6H,1-3H3,(H,10,14)(H2,11,12,13,15). The highest BCUT2D eigenvalue weighted by Gasteiger charge is 2.14. The summed E-state index contributed by atoms with van der Waals surface area (Å²) in [4.78, 5) is 22.2. The zero-order chi connectivity index (χ0) is 11.4.